The van der Waals surface area contributed by atoms with Gasteiger partial charge in [0.05, 0.1) is 52.3 Å². The molecule has 0 radical (unpaired) electrons. The van der Waals surface area contributed by atoms with Gasteiger partial charge in [0.15, 0.2) is 0 Å². The SMILES string of the molecule is CCC[NH+](CCCCN1CC[NH2+]CCC1=O)C1CCc2ccc(OC)cc2C1.[Cl-].[Cl-]. The van der Waals surface area contributed by atoms with Gasteiger partial charge < -0.3 is 44.7 Å². The number of carbonyl (C=O) groups is 1. The molecule has 1 aliphatic heterocycles. The number of amides is 1. The van der Waals surface area contributed by atoms with E-state index in [0.29, 0.717) is 18.4 Å². The zero-order valence-electron chi connectivity index (χ0n) is 18.6. The van der Waals surface area contributed by atoms with Crippen molar-refractivity contribution in [3.63, 3.8) is 0 Å². The van der Waals surface area contributed by atoms with Gasteiger partial charge in [-0.25, -0.2) is 0 Å². The highest BCUT2D eigenvalue weighted by Crippen LogP contribution is 2.24. The van der Waals surface area contributed by atoms with Crippen LogP contribution in [0.15, 0.2) is 18.2 Å². The zero-order chi connectivity index (χ0) is 19.8. The van der Waals surface area contributed by atoms with Crippen LogP contribution in [0, 0.1) is 0 Å². The molecule has 2 atom stereocenters. The second-order valence-corrected chi connectivity index (χ2v) is 8.44. The maximum absolute atomic E-state index is 12.2. The van der Waals surface area contributed by atoms with E-state index < -0.39 is 0 Å². The number of benzene rings is 1. The predicted octanol–water partition coefficient (Wildman–Crippen LogP) is -5.57. The van der Waals surface area contributed by atoms with Crippen LogP contribution in [0.4, 0.5) is 0 Å². The van der Waals surface area contributed by atoms with Gasteiger partial charge in [0, 0.05) is 19.4 Å². The summed E-state index contributed by atoms with van der Waals surface area (Å²) in [5, 5.41) is 2.26. The average Bonchev–Trinajstić information content (AvgIpc) is 2.93. The number of nitrogens with zero attached hydrogens (tertiary/aromatic N) is 1. The molecule has 1 saturated heterocycles. The predicted molar refractivity (Wildman–Crippen MR) is 112 cm³/mol. The highest BCUT2D eigenvalue weighted by molar-refractivity contribution is 5.76. The summed E-state index contributed by atoms with van der Waals surface area (Å²) >= 11 is 0. The van der Waals surface area contributed by atoms with Crippen LogP contribution in [-0.2, 0) is 17.6 Å². The Labute approximate surface area is 194 Å². The average molecular weight is 460 g/mol. The van der Waals surface area contributed by atoms with Crippen LogP contribution < -0.4 is 39.8 Å². The standard InChI is InChI=1S/C23H37N3O2.2ClH/c1-3-13-25(14-4-5-15-26-16-12-24-11-10-23(26)27)21-8-6-19-7-9-22(28-2)18-20(19)17-21;;/h7,9,18,21,24H,3-6,8,10-17H2,1-2H3;2*1H. The number of rotatable bonds is 9. The Morgan fingerprint density at radius 3 is 2.73 bits per heavy atom. The van der Waals surface area contributed by atoms with Gasteiger partial charge in [-0.2, -0.15) is 0 Å². The van der Waals surface area contributed by atoms with Crippen molar-refractivity contribution < 1.29 is 44.6 Å². The van der Waals surface area contributed by atoms with Gasteiger partial charge in [0.25, 0.3) is 0 Å². The van der Waals surface area contributed by atoms with Crippen molar-refractivity contribution in [3.8, 4) is 5.75 Å². The monoisotopic (exact) mass is 459 g/mol. The van der Waals surface area contributed by atoms with E-state index in [9.17, 15) is 4.79 Å². The lowest BCUT2D eigenvalue weighted by Crippen LogP contribution is -3.16. The first kappa shape index (κ1) is 27.0. The van der Waals surface area contributed by atoms with E-state index in [1.54, 1.807) is 12.0 Å². The molecule has 0 bridgehead atoms. The summed E-state index contributed by atoms with van der Waals surface area (Å²) in [6.45, 7) is 8.66. The Morgan fingerprint density at radius 1 is 1.13 bits per heavy atom. The molecule has 30 heavy (non-hydrogen) atoms. The van der Waals surface area contributed by atoms with Crippen LogP contribution in [0.5, 0.6) is 5.75 Å². The zero-order valence-corrected chi connectivity index (χ0v) is 20.1. The molecule has 172 valence electrons. The summed E-state index contributed by atoms with van der Waals surface area (Å²) < 4.78 is 5.44. The molecule has 1 heterocycles. The molecular weight excluding hydrogens is 421 g/mol. The molecule has 2 unspecified atom stereocenters. The van der Waals surface area contributed by atoms with Crippen molar-refractivity contribution in [1.82, 2.24) is 4.90 Å². The smallest absolute Gasteiger partial charge is 0.228 e. The Hall–Kier alpha value is -1.01. The van der Waals surface area contributed by atoms with Gasteiger partial charge in [-0.05, 0) is 48.9 Å². The molecule has 0 aromatic heterocycles. The van der Waals surface area contributed by atoms with E-state index in [4.69, 9.17) is 4.74 Å². The van der Waals surface area contributed by atoms with Crippen LogP contribution in [-0.4, -0.2) is 63.2 Å². The summed E-state index contributed by atoms with van der Waals surface area (Å²) in [6, 6.07) is 7.30. The van der Waals surface area contributed by atoms with Crippen molar-refractivity contribution in [3.05, 3.63) is 29.3 Å². The third kappa shape index (κ3) is 7.60. The van der Waals surface area contributed by atoms with Crippen molar-refractivity contribution >= 4 is 5.91 Å². The van der Waals surface area contributed by atoms with Crippen molar-refractivity contribution in [2.45, 2.75) is 57.9 Å². The number of nitrogens with one attached hydrogen (secondary N) is 1. The quantitative estimate of drug-likeness (QED) is 0.362. The maximum atomic E-state index is 12.2. The number of nitrogens with two attached hydrogens (primary N) is 1. The number of ether oxygens (including phenoxy) is 1. The molecule has 1 aromatic rings. The van der Waals surface area contributed by atoms with Crippen LogP contribution in [0.3, 0.4) is 0 Å². The van der Waals surface area contributed by atoms with Crippen LogP contribution >= 0.6 is 0 Å². The highest BCUT2D eigenvalue weighted by atomic mass is 35.5. The molecule has 3 N–H and O–H groups in total. The number of hydrogen-bond donors (Lipinski definition) is 2. The van der Waals surface area contributed by atoms with E-state index >= 15 is 0 Å². The Bertz CT molecular complexity index is 645. The van der Waals surface area contributed by atoms with Gasteiger partial charge in [-0.15, -0.1) is 0 Å². The fourth-order valence-electron chi connectivity index (χ4n) is 4.85. The molecule has 1 fully saturated rings. The second kappa shape index (κ2) is 14.1. The minimum absolute atomic E-state index is 0. The van der Waals surface area contributed by atoms with Crippen molar-refractivity contribution in [2.24, 2.45) is 0 Å². The third-order valence-electron chi connectivity index (χ3n) is 6.48. The largest absolute Gasteiger partial charge is 1.00 e. The molecular formula is C23H39Cl2N3O2. The molecule has 1 aliphatic carbocycles. The fourth-order valence-corrected chi connectivity index (χ4v) is 4.85. The number of unbranched alkanes of at least 4 members (excludes halogenated alkanes) is 1. The fraction of sp³-hybridized carbons (Fsp3) is 0.696. The molecule has 3 rings (SSSR count). The lowest BCUT2D eigenvalue weighted by Gasteiger charge is -2.32. The summed E-state index contributed by atoms with van der Waals surface area (Å²) in [4.78, 5) is 16.0. The van der Waals surface area contributed by atoms with Gasteiger partial charge in [0.1, 0.15) is 5.75 Å². The molecule has 2 aliphatic rings. The maximum Gasteiger partial charge on any atom is 0.228 e. The van der Waals surface area contributed by atoms with Gasteiger partial charge in [0.2, 0.25) is 5.91 Å². The number of fused-ring (bicyclic) bond motifs is 1. The first-order chi connectivity index (χ1) is 13.7. The molecule has 1 amide bonds. The molecule has 5 nitrogen and oxygen atoms in total. The van der Waals surface area contributed by atoms with Crippen LogP contribution in [0.1, 0.15) is 50.2 Å². The number of aryl methyl sites for hydroxylation is 1. The summed E-state index contributed by atoms with van der Waals surface area (Å²) in [5.74, 6) is 1.33. The van der Waals surface area contributed by atoms with E-state index in [1.165, 1.54) is 56.3 Å². The Balaban J connectivity index is 0.00000225. The van der Waals surface area contributed by atoms with E-state index in [2.05, 4.69) is 35.3 Å². The first-order valence-electron chi connectivity index (χ1n) is 11.3. The molecule has 0 saturated carbocycles. The van der Waals surface area contributed by atoms with E-state index in [0.717, 1.165) is 38.3 Å². The number of quaternary nitrogens is 2. The van der Waals surface area contributed by atoms with Gasteiger partial charge in [-0.1, -0.05) is 13.0 Å². The summed E-state index contributed by atoms with van der Waals surface area (Å²) in [6.07, 6.45) is 7.93. The molecule has 0 spiro atoms. The summed E-state index contributed by atoms with van der Waals surface area (Å²) in [5.41, 5.74) is 2.99. The Morgan fingerprint density at radius 2 is 1.97 bits per heavy atom. The first-order valence-corrected chi connectivity index (χ1v) is 11.3. The van der Waals surface area contributed by atoms with Crippen LogP contribution in [0.25, 0.3) is 0 Å². The number of methoxy groups -OCH3 is 1. The summed E-state index contributed by atoms with van der Waals surface area (Å²) in [7, 11) is 1.75. The third-order valence-corrected chi connectivity index (χ3v) is 6.48. The molecule has 7 heteroatoms. The topological polar surface area (TPSA) is 50.6 Å². The Kier molecular flexibility index (Phi) is 12.7. The highest BCUT2D eigenvalue weighted by Gasteiger charge is 2.27. The lowest BCUT2D eigenvalue weighted by molar-refractivity contribution is -0.926. The van der Waals surface area contributed by atoms with Gasteiger partial charge >= 0.3 is 0 Å². The minimum atomic E-state index is 0. The minimum Gasteiger partial charge on any atom is -1.00 e. The van der Waals surface area contributed by atoms with Crippen LogP contribution in [0.2, 0.25) is 0 Å². The van der Waals surface area contributed by atoms with Crippen molar-refractivity contribution in [2.75, 3.05) is 46.4 Å². The number of carbonyl (C=O) groups excluding carboxylic acids is 1. The molecule has 1 aromatic carbocycles. The number of hydrogen-bond acceptors (Lipinski definition) is 2. The van der Waals surface area contributed by atoms with E-state index in [-0.39, 0.29) is 24.8 Å². The van der Waals surface area contributed by atoms with Gasteiger partial charge in [-0.3, -0.25) is 4.79 Å². The van der Waals surface area contributed by atoms with Crippen molar-refractivity contribution in [1.29, 1.82) is 0 Å². The second-order valence-electron chi connectivity index (χ2n) is 8.44. The lowest BCUT2D eigenvalue weighted by atomic mass is 9.87. The number of halogens is 2. The normalized spacial score (nSPS) is 19.7. The van der Waals surface area contributed by atoms with E-state index in [1.807, 2.05) is 0 Å².